The molecule has 3 aromatic rings. The molecule has 0 saturated carbocycles. The maximum atomic E-state index is 12.5. The molecular formula is C26H29N2O3+. The Morgan fingerprint density at radius 1 is 0.871 bits per heavy atom. The van der Waals surface area contributed by atoms with Crippen LogP contribution in [0.5, 0.6) is 17.2 Å². The first kappa shape index (κ1) is 20.9. The van der Waals surface area contributed by atoms with E-state index in [0.717, 1.165) is 50.0 Å². The number of nitrogens with zero attached hydrogens (tertiary/aromatic N) is 1. The summed E-state index contributed by atoms with van der Waals surface area (Å²) in [5, 5.41) is 0. The molecule has 1 heterocycles. The van der Waals surface area contributed by atoms with Crippen molar-refractivity contribution in [2.45, 2.75) is 13.5 Å². The molecule has 1 fully saturated rings. The van der Waals surface area contributed by atoms with E-state index in [2.05, 4.69) is 12.1 Å². The van der Waals surface area contributed by atoms with E-state index in [0.29, 0.717) is 0 Å². The molecule has 160 valence electrons. The van der Waals surface area contributed by atoms with Crippen molar-refractivity contribution in [3.05, 3.63) is 90.0 Å². The van der Waals surface area contributed by atoms with Gasteiger partial charge in [-0.05, 0) is 43.3 Å². The van der Waals surface area contributed by atoms with E-state index in [1.54, 1.807) is 0 Å². The van der Waals surface area contributed by atoms with Crippen molar-refractivity contribution in [1.29, 1.82) is 0 Å². The average molecular weight is 418 g/mol. The standard InChI is InChI=1S/C26H28N2O3/c1-21-10-12-23(13-11-21)30-20-26(29)28-16-14-27(15-17-28)19-22-6-5-9-25(18-22)31-24-7-3-2-4-8-24/h2-13,18H,14-17,19-20H2,1H3/p+1. The molecule has 1 N–H and O–H groups in total. The number of para-hydroxylation sites is 1. The Bertz CT molecular complexity index is 981. The summed E-state index contributed by atoms with van der Waals surface area (Å²) in [7, 11) is 0. The van der Waals surface area contributed by atoms with Crippen LogP contribution < -0.4 is 14.4 Å². The third kappa shape index (κ3) is 6.09. The maximum absolute atomic E-state index is 12.5. The number of hydrogen-bond acceptors (Lipinski definition) is 3. The highest BCUT2D eigenvalue weighted by atomic mass is 16.5. The zero-order chi connectivity index (χ0) is 21.5. The fourth-order valence-electron chi connectivity index (χ4n) is 3.75. The molecule has 0 bridgehead atoms. The number of rotatable bonds is 7. The predicted octanol–water partition coefficient (Wildman–Crippen LogP) is 3.09. The van der Waals surface area contributed by atoms with E-state index in [-0.39, 0.29) is 12.5 Å². The summed E-state index contributed by atoms with van der Waals surface area (Å²) < 4.78 is 11.6. The Morgan fingerprint density at radius 2 is 1.58 bits per heavy atom. The van der Waals surface area contributed by atoms with Gasteiger partial charge in [-0.25, -0.2) is 0 Å². The van der Waals surface area contributed by atoms with Crippen molar-refractivity contribution in [2.24, 2.45) is 0 Å². The molecule has 0 aliphatic carbocycles. The number of piperazine rings is 1. The number of amides is 1. The fraction of sp³-hybridized carbons (Fsp3) is 0.269. The van der Waals surface area contributed by atoms with Gasteiger partial charge in [0.2, 0.25) is 0 Å². The van der Waals surface area contributed by atoms with Crippen LogP contribution in [0.2, 0.25) is 0 Å². The summed E-state index contributed by atoms with van der Waals surface area (Å²) in [5.41, 5.74) is 2.42. The van der Waals surface area contributed by atoms with Crippen LogP contribution in [0.4, 0.5) is 0 Å². The van der Waals surface area contributed by atoms with Gasteiger partial charge < -0.3 is 19.3 Å². The molecule has 1 aliphatic rings. The van der Waals surface area contributed by atoms with Crippen LogP contribution in [-0.4, -0.2) is 43.6 Å². The normalized spacial score (nSPS) is 14.3. The Hall–Kier alpha value is -3.31. The number of aryl methyl sites for hydroxylation is 1. The summed E-state index contributed by atoms with van der Waals surface area (Å²) in [5.74, 6) is 2.48. The SMILES string of the molecule is Cc1ccc(OCC(=O)N2CC[NH+](Cc3cccc(Oc4ccccc4)c3)CC2)cc1. The number of carbonyl (C=O) groups excluding carboxylic acids is 1. The van der Waals surface area contributed by atoms with E-state index >= 15 is 0 Å². The molecule has 1 aliphatic heterocycles. The molecule has 1 amide bonds. The largest absolute Gasteiger partial charge is 0.484 e. The Balaban J connectivity index is 1.24. The predicted molar refractivity (Wildman–Crippen MR) is 121 cm³/mol. The quantitative estimate of drug-likeness (QED) is 0.643. The molecule has 3 aromatic carbocycles. The summed E-state index contributed by atoms with van der Waals surface area (Å²) >= 11 is 0. The van der Waals surface area contributed by atoms with Gasteiger partial charge in [-0.3, -0.25) is 4.79 Å². The fourth-order valence-corrected chi connectivity index (χ4v) is 3.75. The van der Waals surface area contributed by atoms with Crippen LogP contribution in [0.1, 0.15) is 11.1 Å². The lowest BCUT2D eigenvalue weighted by Gasteiger charge is -2.32. The van der Waals surface area contributed by atoms with Crippen molar-refractivity contribution in [2.75, 3.05) is 32.8 Å². The first-order valence-electron chi connectivity index (χ1n) is 10.8. The second-order valence-electron chi connectivity index (χ2n) is 7.97. The molecule has 5 nitrogen and oxygen atoms in total. The van der Waals surface area contributed by atoms with Crippen molar-refractivity contribution in [3.63, 3.8) is 0 Å². The van der Waals surface area contributed by atoms with Crippen LogP contribution in [0, 0.1) is 6.92 Å². The molecular weight excluding hydrogens is 388 g/mol. The number of ether oxygens (including phenoxy) is 2. The van der Waals surface area contributed by atoms with Crippen molar-refractivity contribution < 1.29 is 19.2 Å². The van der Waals surface area contributed by atoms with Gasteiger partial charge >= 0.3 is 0 Å². The van der Waals surface area contributed by atoms with E-state index in [1.807, 2.05) is 78.6 Å². The lowest BCUT2D eigenvalue weighted by atomic mass is 10.2. The lowest BCUT2D eigenvalue weighted by molar-refractivity contribution is -0.917. The highest BCUT2D eigenvalue weighted by Crippen LogP contribution is 2.21. The van der Waals surface area contributed by atoms with Crippen LogP contribution >= 0.6 is 0 Å². The maximum Gasteiger partial charge on any atom is 0.260 e. The second-order valence-corrected chi connectivity index (χ2v) is 7.97. The van der Waals surface area contributed by atoms with E-state index in [1.165, 1.54) is 16.0 Å². The summed E-state index contributed by atoms with van der Waals surface area (Å²) in [6, 6.07) is 25.9. The van der Waals surface area contributed by atoms with Gasteiger partial charge in [0.15, 0.2) is 6.61 Å². The summed E-state index contributed by atoms with van der Waals surface area (Å²) in [6.45, 7) is 6.42. The number of carbonyl (C=O) groups is 1. The molecule has 0 unspecified atom stereocenters. The average Bonchev–Trinajstić information content (AvgIpc) is 2.80. The van der Waals surface area contributed by atoms with Crippen molar-refractivity contribution >= 4 is 5.91 Å². The second kappa shape index (κ2) is 10.1. The minimum Gasteiger partial charge on any atom is -0.484 e. The molecule has 0 spiro atoms. The van der Waals surface area contributed by atoms with Gasteiger partial charge in [0, 0.05) is 5.56 Å². The molecule has 0 aromatic heterocycles. The zero-order valence-corrected chi connectivity index (χ0v) is 17.9. The number of quaternary nitrogens is 1. The molecule has 0 atom stereocenters. The van der Waals surface area contributed by atoms with E-state index in [9.17, 15) is 4.79 Å². The van der Waals surface area contributed by atoms with Crippen molar-refractivity contribution in [1.82, 2.24) is 4.90 Å². The molecule has 1 saturated heterocycles. The highest BCUT2D eigenvalue weighted by molar-refractivity contribution is 5.77. The minimum absolute atomic E-state index is 0.0536. The smallest absolute Gasteiger partial charge is 0.260 e. The third-order valence-corrected chi connectivity index (χ3v) is 5.54. The first-order chi connectivity index (χ1) is 15.2. The number of benzene rings is 3. The van der Waals surface area contributed by atoms with Crippen LogP contribution in [0.15, 0.2) is 78.9 Å². The first-order valence-corrected chi connectivity index (χ1v) is 10.8. The van der Waals surface area contributed by atoms with Crippen LogP contribution in [0.25, 0.3) is 0 Å². The number of hydrogen-bond donors (Lipinski definition) is 1. The Labute approximate surface area is 183 Å². The van der Waals surface area contributed by atoms with Gasteiger partial charge in [0.1, 0.15) is 23.8 Å². The topological polar surface area (TPSA) is 43.2 Å². The summed E-state index contributed by atoms with van der Waals surface area (Å²) in [4.78, 5) is 15.9. The van der Waals surface area contributed by atoms with Gasteiger partial charge in [-0.15, -0.1) is 0 Å². The molecule has 4 rings (SSSR count). The third-order valence-electron chi connectivity index (χ3n) is 5.54. The monoisotopic (exact) mass is 417 g/mol. The molecule has 0 radical (unpaired) electrons. The van der Waals surface area contributed by atoms with Gasteiger partial charge in [-0.2, -0.15) is 0 Å². The summed E-state index contributed by atoms with van der Waals surface area (Å²) in [6.07, 6.45) is 0. The van der Waals surface area contributed by atoms with E-state index < -0.39 is 0 Å². The van der Waals surface area contributed by atoms with Crippen LogP contribution in [-0.2, 0) is 11.3 Å². The molecule has 5 heteroatoms. The van der Waals surface area contributed by atoms with Gasteiger partial charge in [0.25, 0.3) is 5.91 Å². The number of nitrogens with one attached hydrogen (secondary N) is 1. The van der Waals surface area contributed by atoms with Gasteiger partial charge in [0.05, 0.1) is 26.2 Å². The Morgan fingerprint density at radius 3 is 2.32 bits per heavy atom. The van der Waals surface area contributed by atoms with Crippen molar-refractivity contribution in [3.8, 4) is 17.2 Å². The minimum atomic E-state index is 0.0536. The molecule has 31 heavy (non-hydrogen) atoms. The van der Waals surface area contributed by atoms with Crippen LogP contribution in [0.3, 0.4) is 0 Å². The van der Waals surface area contributed by atoms with Gasteiger partial charge in [-0.1, -0.05) is 48.0 Å². The highest BCUT2D eigenvalue weighted by Gasteiger charge is 2.24. The lowest BCUT2D eigenvalue weighted by Crippen LogP contribution is -3.13. The Kier molecular flexibility index (Phi) is 6.85. The van der Waals surface area contributed by atoms with E-state index in [4.69, 9.17) is 9.47 Å². The zero-order valence-electron chi connectivity index (χ0n) is 17.9.